The Bertz CT molecular complexity index is 633. The van der Waals surface area contributed by atoms with Crippen molar-refractivity contribution in [3.63, 3.8) is 0 Å². The highest BCUT2D eigenvalue weighted by molar-refractivity contribution is 6.32. The van der Waals surface area contributed by atoms with E-state index in [0.29, 0.717) is 41.2 Å². The molecule has 1 N–H and O–H groups in total. The molecule has 1 atom stereocenters. The molecule has 1 fully saturated rings. The summed E-state index contributed by atoms with van der Waals surface area (Å²) in [4.78, 5) is 26.3. The van der Waals surface area contributed by atoms with E-state index in [1.54, 1.807) is 17.0 Å². The first-order valence-electron chi connectivity index (χ1n) is 7.85. The Hall–Kier alpha value is -1.95. The number of carbonyl (C=O) groups is 2. The van der Waals surface area contributed by atoms with Crippen molar-refractivity contribution in [2.45, 2.75) is 20.3 Å². The minimum absolute atomic E-state index is 0.0172. The normalized spacial score (nSPS) is 17.3. The van der Waals surface area contributed by atoms with Gasteiger partial charge in [-0.05, 0) is 12.0 Å². The monoisotopic (exact) mass is 354 g/mol. The highest BCUT2D eigenvalue weighted by Crippen LogP contribution is 2.36. The maximum Gasteiger partial charge on any atom is 0.229 e. The Morgan fingerprint density at radius 1 is 1.33 bits per heavy atom. The summed E-state index contributed by atoms with van der Waals surface area (Å²) in [5.74, 6) is 0.717. The number of carbonyl (C=O) groups excluding carboxylic acids is 2. The van der Waals surface area contributed by atoms with E-state index in [-0.39, 0.29) is 24.2 Å². The van der Waals surface area contributed by atoms with Gasteiger partial charge in [-0.2, -0.15) is 0 Å². The lowest BCUT2D eigenvalue weighted by atomic mass is 10.1. The summed E-state index contributed by atoms with van der Waals surface area (Å²) < 4.78 is 10.4. The maximum absolute atomic E-state index is 12.5. The number of hydrogen-bond donors (Lipinski definition) is 1. The van der Waals surface area contributed by atoms with Crippen molar-refractivity contribution in [2.24, 2.45) is 11.8 Å². The molecule has 0 saturated carbocycles. The molecule has 1 aliphatic rings. The van der Waals surface area contributed by atoms with Gasteiger partial charge in [0.1, 0.15) is 11.5 Å². The number of nitrogens with one attached hydrogen (secondary N) is 1. The van der Waals surface area contributed by atoms with E-state index < -0.39 is 0 Å². The highest BCUT2D eigenvalue weighted by atomic mass is 35.5. The molecule has 1 aliphatic heterocycles. The Morgan fingerprint density at radius 2 is 2.00 bits per heavy atom. The third kappa shape index (κ3) is 4.12. The predicted molar refractivity (Wildman–Crippen MR) is 92.7 cm³/mol. The van der Waals surface area contributed by atoms with Crippen LogP contribution in [0.1, 0.15) is 20.3 Å². The molecule has 6 nitrogen and oxygen atoms in total. The van der Waals surface area contributed by atoms with Gasteiger partial charge in [0.25, 0.3) is 0 Å². The lowest BCUT2D eigenvalue weighted by molar-refractivity contribution is -0.128. The quantitative estimate of drug-likeness (QED) is 0.853. The van der Waals surface area contributed by atoms with E-state index in [1.807, 2.05) is 13.8 Å². The molecule has 1 aromatic rings. The van der Waals surface area contributed by atoms with Crippen LogP contribution in [0.2, 0.25) is 5.02 Å². The number of methoxy groups -OCH3 is 2. The lowest BCUT2D eigenvalue weighted by Gasteiger charge is -2.19. The summed E-state index contributed by atoms with van der Waals surface area (Å²) in [6.07, 6.45) is 0.227. The number of likely N-dealkylation sites (tertiary alicyclic amines) is 1. The largest absolute Gasteiger partial charge is 0.495 e. The van der Waals surface area contributed by atoms with Gasteiger partial charge in [0.05, 0.1) is 30.8 Å². The zero-order valence-corrected chi connectivity index (χ0v) is 15.1. The van der Waals surface area contributed by atoms with Gasteiger partial charge >= 0.3 is 0 Å². The minimum atomic E-state index is -0.373. The lowest BCUT2D eigenvalue weighted by Crippen LogP contribution is -2.31. The fourth-order valence-electron chi connectivity index (χ4n) is 2.76. The average molecular weight is 355 g/mol. The third-order valence-corrected chi connectivity index (χ3v) is 4.20. The zero-order chi connectivity index (χ0) is 17.9. The summed E-state index contributed by atoms with van der Waals surface area (Å²) in [5.41, 5.74) is 0.461. The Labute approximate surface area is 147 Å². The summed E-state index contributed by atoms with van der Waals surface area (Å²) in [5, 5.41) is 3.18. The second kappa shape index (κ2) is 7.75. The van der Waals surface area contributed by atoms with Crippen molar-refractivity contribution in [2.75, 3.05) is 32.6 Å². The number of halogens is 1. The molecule has 0 aromatic heterocycles. The van der Waals surface area contributed by atoms with Crippen LogP contribution in [0.3, 0.4) is 0 Å². The first-order valence-corrected chi connectivity index (χ1v) is 8.23. The van der Waals surface area contributed by atoms with Gasteiger partial charge in [-0.15, -0.1) is 0 Å². The number of anilines is 1. The number of hydrogen-bond acceptors (Lipinski definition) is 4. The van der Waals surface area contributed by atoms with Crippen molar-refractivity contribution in [3.8, 4) is 11.5 Å². The van der Waals surface area contributed by atoms with Crippen LogP contribution in [0.5, 0.6) is 11.5 Å². The van der Waals surface area contributed by atoms with Crippen molar-refractivity contribution in [1.82, 2.24) is 4.90 Å². The van der Waals surface area contributed by atoms with Crippen molar-refractivity contribution in [1.29, 1.82) is 0 Å². The number of rotatable bonds is 6. The van der Waals surface area contributed by atoms with Gasteiger partial charge < -0.3 is 19.7 Å². The average Bonchev–Trinajstić information content (AvgIpc) is 2.88. The molecule has 2 amide bonds. The molecule has 0 spiro atoms. The van der Waals surface area contributed by atoms with Crippen LogP contribution in [0, 0.1) is 11.8 Å². The van der Waals surface area contributed by atoms with Crippen LogP contribution in [0.15, 0.2) is 12.1 Å². The summed E-state index contributed by atoms with van der Waals surface area (Å²) >= 11 is 6.11. The minimum Gasteiger partial charge on any atom is -0.495 e. The van der Waals surface area contributed by atoms with Gasteiger partial charge in [-0.1, -0.05) is 25.4 Å². The first-order chi connectivity index (χ1) is 11.3. The second-order valence-electron chi connectivity index (χ2n) is 6.27. The molecular formula is C17H23ClN2O4. The van der Waals surface area contributed by atoms with E-state index >= 15 is 0 Å². The molecule has 0 radical (unpaired) electrons. The number of nitrogens with zero attached hydrogens (tertiary/aromatic N) is 1. The highest BCUT2D eigenvalue weighted by Gasteiger charge is 2.34. The molecule has 7 heteroatoms. The number of benzene rings is 1. The molecule has 0 bridgehead atoms. The van der Waals surface area contributed by atoms with Gasteiger partial charge in [0.2, 0.25) is 11.8 Å². The van der Waals surface area contributed by atoms with E-state index in [9.17, 15) is 9.59 Å². The smallest absolute Gasteiger partial charge is 0.229 e. The van der Waals surface area contributed by atoms with Crippen LogP contribution < -0.4 is 14.8 Å². The third-order valence-electron chi connectivity index (χ3n) is 3.90. The SMILES string of the molecule is COc1cc(OC)c(NC(=O)C2CC(=O)N(CC(C)C)C2)cc1Cl. The standard InChI is InChI=1S/C17H23ClN2O4/c1-10(2)8-20-9-11(5-16(20)21)17(22)19-13-6-12(18)14(23-3)7-15(13)24-4/h6-7,10-11H,5,8-9H2,1-4H3,(H,19,22). The van der Waals surface area contributed by atoms with Crippen LogP contribution >= 0.6 is 11.6 Å². The molecule has 1 unspecified atom stereocenters. The second-order valence-corrected chi connectivity index (χ2v) is 6.68. The fourth-order valence-corrected chi connectivity index (χ4v) is 3.00. The van der Waals surface area contributed by atoms with Crippen LogP contribution in [-0.4, -0.2) is 44.0 Å². The molecule has 2 rings (SSSR count). The van der Waals surface area contributed by atoms with Gasteiger partial charge in [-0.3, -0.25) is 9.59 Å². The van der Waals surface area contributed by atoms with E-state index in [4.69, 9.17) is 21.1 Å². The molecular weight excluding hydrogens is 332 g/mol. The van der Waals surface area contributed by atoms with Crippen LogP contribution in [0.25, 0.3) is 0 Å². The van der Waals surface area contributed by atoms with Crippen molar-refractivity contribution < 1.29 is 19.1 Å². The molecule has 1 aromatic carbocycles. The molecule has 1 saturated heterocycles. The van der Waals surface area contributed by atoms with Crippen LogP contribution in [0.4, 0.5) is 5.69 Å². The van der Waals surface area contributed by atoms with Gasteiger partial charge in [-0.25, -0.2) is 0 Å². The number of ether oxygens (including phenoxy) is 2. The van der Waals surface area contributed by atoms with E-state index in [0.717, 1.165) is 0 Å². The predicted octanol–water partition coefficient (Wildman–Crippen LogP) is 2.80. The Kier molecular flexibility index (Phi) is 5.94. The van der Waals surface area contributed by atoms with Crippen molar-refractivity contribution in [3.05, 3.63) is 17.2 Å². The van der Waals surface area contributed by atoms with E-state index in [1.165, 1.54) is 14.2 Å². The molecule has 0 aliphatic carbocycles. The van der Waals surface area contributed by atoms with E-state index in [2.05, 4.69) is 5.32 Å². The summed E-state index contributed by atoms with van der Waals surface area (Å²) in [6.45, 7) is 5.20. The maximum atomic E-state index is 12.5. The zero-order valence-electron chi connectivity index (χ0n) is 14.4. The Balaban J connectivity index is 2.10. The molecule has 1 heterocycles. The number of amides is 2. The first kappa shape index (κ1) is 18.4. The summed E-state index contributed by atoms with van der Waals surface area (Å²) in [7, 11) is 3.01. The molecule has 24 heavy (non-hydrogen) atoms. The summed E-state index contributed by atoms with van der Waals surface area (Å²) in [6, 6.07) is 3.20. The van der Waals surface area contributed by atoms with Gasteiger partial charge in [0, 0.05) is 25.6 Å². The van der Waals surface area contributed by atoms with Gasteiger partial charge in [0.15, 0.2) is 0 Å². The molecule has 132 valence electrons. The van der Waals surface area contributed by atoms with Crippen LogP contribution in [-0.2, 0) is 9.59 Å². The topological polar surface area (TPSA) is 67.9 Å². The Morgan fingerprint density at radius 3 is 2.58 bits per heavy atom. The van der Waals surface area contributed by atoms with Crippen molar-refractivity contribution >= 4 is 29.1 Å². The fraction of sp³-hybridized carbons (Fsp3) is 0.529.